The van der Waals surface area contributed by atoms with Crippen molar-refractivity contribution < 1.29 is 18.9 Å². The zero-order valence-corrected chi connectivity index (χ0v) is 28.1. The van der Waals surface area contributed by atoms with Gasteiger partial charge in [-0.25, -0.2) is 15.0 Å². The number of benzene rings is 1. The molecule has 1 aliphatic heterocycles. The first-order chi connectivity index (χ1) is 22.4. The fourth-order valence-electron chi connectivity index (χ4n) is 6.83. The molecule has 3 atom stereocenters. The normalized spacial score (nSPS) is 20.0. The summed E-state index contributed by atoms with van der Waals surface area (Å²) in [5, 5.41) is 12.1. The van der Waals surface area contributed by atoms with Crippen LogP contribution in [0.1, 0.15) is 58.9 Å². The van der Waals surface area contributed by atoms with Crippen molar-refractivity contribution in [3.63, 3.8) is 0 Å². The SMILES string of the molecule is CC(=O)c1nn(CC(=O)N2C3C[C@]3(Cc3nc(C)no3)C[C@H]2C(=O)Nc2nc(Br)ccc2C)c2c(C)cc(-c3cnc(C)nc3)cc12. The number of aromatic nitrogens is 7. The second-order valence-corrected chi connectivity index (χ2v) is 13.4. The van der Waals surface area contributed by atoms with Gasteiger partial charge in [-0.3, -0.25) is 19.1 Å². The third kappa shape index (κ3) is 5.60. The number of halogens is 1. The van der Waals surface area contributed by atoms with Crippen molar-refractivity contribution in [2.45, 2.75) is 72.5 Å². The summed E-state index contributed by atoms with van der Waals surface area (Å²) in [5.41, 5.74) is 3.86. The van der Waals surface area contributed by atoms with Crippen LogP contribution >= 0.6 is 15.9 Å². The van der Waals surface area contributed by atoms with Crippen LogP contribution in [0.4, 0.5) is 5.82 Å². The van der Waals surface area contributed by atoms with Crippen LogP contribution in [0, 0.1) is 33.1 Å². The number of piperidine rings is 1. The highest BCUT2D eigenvalue weighted by atomic mass is 79.9. The Morgan fingerprint density at radius 1 is 1.00 bits per heavy atom. The summed E-state index contributed by atoms with van der Waals surface area (Å²) in [6.07, 6.45) is 5.09. The average Bonchev–Trinajstić information content (AvgIpc) is 3.28. The predicted molar refractivity (Wildman–Crippen MR) is 174 cm³/mol. The molecule has 1 saturated carbocycles. The summed E-state index contributed by atoms with van der Waals surface area (Å²) in [5.74, 6) is 1.29. The Kier molecular flexibility index (Phi) is 7.49. The maximum Gasteiger partial charge on any atom is 0.248 e. The van der Waals surface area contributed by atoms with Gasteiger partial charge < -0.3 is 14.7 Å². The molecule has 5 heterocycles. The van der Waals surface area contributed by atoms with Crippen LogP contribution < -0.4 is 5.32 Å². The average molecular weight is 699 g/mol. The summed E-state index contributed by atoms with van der Waals surface area (Å²) in [4.78, 5) is 60.1. The molecule has 13 nitrogen and oxygen atoms in total. The lowest BCUT2D eigenvalue weighted by Gasteiger charge is -2.27. The molecule has 2 aliphatic rings. The van der Waals surface area contributed by atoms with Gasteiger partial charge in [-0.15, -0.1) is 0 Å². The fraction of sp³-hybridized carbons (Fsp3) is 0.364. The number of likely N-dealkylation sites (tertiary alicyclic amines) is 1. The third-order valence-corrected chi connectivity index (χ3v) is 9.60. The minimum atomic E-state index is -0.756. The number of carbonyl (C=O) groups excluding carboxylic acids is 3. The van der Waals surface area contributed by atoms with Crippen LogP contribution in [0.15, 0.2) is 45.8 Å². The number of carbonyl (C=O) groups is 3. The molecule has 7 rings (SSSR count). The molecule has 0 spiro atoms. The number of Topliss-reactive ketones (excluding diaryl/α,β-unsaturated/α-hetero) is 1. The van der Waals surface area contributed by atoms with Crippen LogP contribution in [-0.4, -0.2) is 69.5 Å². The number of ketones is 1. The summed E-state index contributed by atoms with van der Waals surface area (Å²) in [6.45, 7) is 8.66. The smallest absolute Gasteiger partial charge is 0.248 e. The standard InChI is InChI=1S/C33H32BrN9O4/c1-16-6-7-26(34)38-31(16)39-32(46)24-10-33(12-27-37-20(5)41-47-27)11-25(33)43(24)28(45)15-42-30-17(2)8-21(22-13-35-19(4)36-14-22)9-23(30)29(40-42)18(3)44/h6-9,13-14,24-25H,10-12,15H2,1-5H3,(H,38,39,46)/t24-,25?,33-/m0/s1. The zero-order valence-electron chi connectivity index (χ0n) is 26.5. The van der Waals surface area contributed by atoms with Crippen molar-refractivity contribution in [1.29, 1.82) is 0 Å². The molecule has 1 saturated heterocycles. The zero-order chi connectivity index (χ0) is 33.2. The molecule has 0 bridgehead atoms. The Morgan fingerprint density at radius 2 is 1.77 bits per heavy atom. The lowest BCUT2D eigenvalue weighted by Crippen LogP contribution is -2.47. The molecule has 14 heteroatoms. The lowest BCUT2D eigenvalue weighted by atomic mass is 9.95. The molecule has 0 radical (unpaired) electrons. The molecule has 1 aromatic carbocycles. The first kappa shape index (κ1) is 30.8. The molecule has 4 aromatic heterocycles. The number of fused-ring (bicyclic) bond motifs is 2. The molecule has 1 aliphatic carbocycles. The van der Waals surface area contributed by atoms with Gasteiger partial charge in [-0.05, 0) is 91.4 Å². The molecule has 2 fully saturated rings. The summed E-state index contributed by atoms with van der Waals surface area (Å²) < 4.78 is 7.60. The van der Waals surface area contributed by atoms with Crippen LogP contribution in [0.5, 0.6) is 0 Å². The number of nitrogens with zero attached hydrogens (tertiary/aromatic N) is 8. The second kappa shape index (κ2) is 11.4. The van der Waals surface area contributed by atoms with Gasteiger partial charge in [0, 0.05) is 48.1 Å². The van der Waals surface area contributed by atoms with E-state index in [-0.39, 0.29) is 41.3 Å². The molecular formula is C33H32BrN9O4. The highest BCUT2D eigenvalue weighted by Gasteiger charge is 2.67. The van der Waals surface area contributed by atoms with Gasteiger partial charge in [-0.2, -0.15) is 10.1 Å². The first-order valence-corrected chi connectivity index (χ1v) is 16.1. The number of amides is 2. The van der Waals surface area contributed by atoms with E-state index in [9.17, 15) is 14.4 Å². The Bertz CT molecular complexity index is 2090. The minimum Gasteiger partial charge on any atom is -0.339 e. The van der Waals surface area contributed by atoms with Crippen LogP contribution in [0.3, 0.4) is 0 Å². The van der Waals surface area contributed by atoms with Crippen LogP contribution in [0.2, 0.25) is 0 Å². The molecule has 240 valence electrons. The number of aryl methyl sites for hydroxylation is 4. The van der Waals surface area contributed by atoms with E-state index in [2.05, 4.69) is 51.4 Å². The van der Waals surface area contributed by atoms with Gasteiger partial charge >= 0.3 is 0 Å². The van der Waals surface area contributed by atoms with E-state index >= 15 is 0 Å². The molecule has 5 aromatic rings. The third-order valence-electron chi connectivity index (χ3n) is 9.15. The number of anilines is 1. The van der Waals surface area contributed by atoms with Gasteiger partial charge in [0.05, 0.1) is 5.52 Å². The maximum absolute atomic E-state index is 14.3. The Hall–Kier alpha value is -4.85. The van der Waals surface area contributed by atoms with E-state index in [1.165, 1.54) is 6.92 Å². The number of hydrogen-bond donors (Lipinski definition) is 1. The number of pyridine rings is 1. The van der Waals surface area contributed by atoms with Crippen molar-refractivity contribution in [2.75, 3.05) is 5.32 Å². The van der Waals surface area contributed by atoms with E-state index < -0.39 is 6.04 Å². The van der Waals surface area contributed by atoms with E-state index in [1.54, 1.807) is 35.0 Å². The van der Waals surface area contributed by atoms with E-state index in [0.717, 1.165) is 22.3 Å². The minimum absolute atomic E-state index is 0.151. The maximum atomic E-state index is 14.3. The van der Waals surface area contributed by atoms with Crippen molar-refractivity contribution >= 4 is 50.2 Å². The molecule has 2 amide bonds. The number of hydrogen-bond acceptors (Lipinski definition) is 10. The van der Waals surface area contributed by atoms with Gasteiger partial charge in [-0.1, -0.05) is 11.2 Å². The van der Waals surface area contributed by atoms with Crippen molar-refractivity contribution in [3.8, 4) is 11.1 Å². The van der Waals surface area contributed by atoms with Gasteiger partial charge in [0.25, 0.3) is 0 Å². The Labute approximate surface area is 278 Å². The number of rotatable bonds is 8. The van der Waals surface area contributed by atoms with Gasteiger partial charge in [0.1, 0.15) is 34.5 Å². The van der Waals surface area contributed by atoms with E-state index in [0.29, 0.717) is 58.1 Å². The van der Waals surface area contributed by atoms with Crippen molar-refractivity contribution in [2.24, 2.45) is 5.41 Å². The topological polar surface area (TPSA) is 162 Å². The molecule has 1 N–H and O–H groups in total. The van der Waals surface area contributed by atoms with Crippen molar-refractivity contribution in [1.82, 2.24) is 39.8 Å². The van der Waals surface area contributed by atoms with Crippen molar-refractivity contribution in [3.05, 3.63) is 75.6 Å². The lowest BCUT2D eigenvalue weighted by molar-refractivity contribution is -0.138. The summed E-state index contributed by atoms with van der Waals surface area (Å²) in [6, 6.07) is 6.57. The Morgan fingerprint density at radius 3 is 2.47 bits per heavy atom. The van der Waals surface area contributed by atoms with E-state index in [1.807, 2.05) is 39.0 Å². The largest absolute Gasteiger partial charge is 0.339 e. The molecule has 47 heavy (non-hydrogen) atoms. The quantitative estimate of drug-likeness (QED) is 0.178. The van der Waals surface area contributed by atoms with Crippen LogP contribution in [-0.2, 0) is 22.6 Å². The summed E-state index contributed by atoms with van der Waals surface area (Å²) >= 11 is 3.37. The predicted octanol–water partition coefficient (Wildman–Crippen LogP) is 4.71. The highest BCUT2D eigenvalue weighted by molar-refractivity contribution is 9.10. The summed E-state index contributed by atoms with van der Waals surface area (Å²) in [7, 11) is 0. The monoisotopic (exact) mass is 697 g/mol. The fourth-order valence-corrected chi connectivity index (χ4v) is 7.14. The second-order valence-electron chi connectivity index (χ2n) is 12.6. The highest BCUT2D eigenvalue weighted by Crippen LogP contribution is 2.61. The van der Waals surface area contributed by atoms with E-state index in [4.69, 9.17) is 4.52 Å². The first-order valence-electron chi connectivity index (χ1n) is 15.3. The molecule has 1 unspecified atom stereocenters. The molecular weight excluding hydrogens is 666 g/mol. The van der Waals surface area contributed by atoms with Crippen LogP contribution in [0.25, 0.3) is 22.0 Å². The Balaban J connectivity index is 1.22. The number of nitrogens with one attached hydrogen (secondary N) is 1. The van der Waals surface area contributed by atoms with Gasteiger partial charge in [0.2, 0.25) is 17.7 Å². The van der Waals surface area contributed by atoms with Gasteiger partial charge in [0.15, 0.2) is 11.6 Å².